The molecule has 0 radical (unpaired) electrons. The van der Waals surface area contributed by atoms with Gasteiger partial charge in [-0.2, -0.15) is 4.98 Å². The average Bonchev–Trinajstić information content (AvgIpc) is 2.75. The van der Waals surface area contributed by atoms with Gasteiger partial charge >= 0.3 is 0 Å². The molecular weight excluding hydrogens is 264 g/mol. The molecule has 0 aliphatic heterocycles. The molecular formula is C16H26N4O. The summed E-state index contributed by atoms with van der Waals surface area (Å²) in [7, 11) is 0. The maximum Gasteiger partial charge on any atom is 0.222 e. The van der Waals surface area contributed by atoms with Gasteiger partial charge in [-0.15, -0.1) is 0 Å². The predicted octanol–water partition coefficient (Wildman–Crippen LogP) is 2.97. The number of ether oxygens (including phenoxy) is 1. The van der Waals surface area contributed by atoms with Crippen LogP contribution >= 0.6 is 0 Å². The number of nitrogens with two attached hydrogens (primary N) is 1. The topological polar surface area (TPSA) is 73.1 Å². The molecule has 0 amide bonds. The normalized spacial score (nSPS) is 33.2. The van der Waals surface area contributed by atoms with Crippen molar-refractivity contribution in [3.8, 4) is 5.88 Å². The molecule has 1 aromatic rings. The molecule has 116 valence electrons. The number of fused-ring (bicyclic) bond motifs is 2. The van der Waals surface area contributed by atoms with E-state index in [0.717, 1.165) is 17.9 Å². The molecule has 1 aromatic heterocycles. The van der Waals surface area contributed by atoms with Crippen molar-refractivity contribution in [2.75, 3.05) is 5.43 Å². The number of hydrazine groups is 1. The number of nitrogen functional groups attached to an aromatic ring is 1. The highest BCUT2D eigenvalue weighted by Crippen LogP contribution is 2.66. The number of aromatic nitrogens is 2. The van der Waals surface area contributed by atoms with Gasteiger partial charge in [0.1, 0.15) is 17.7 Å². The van der Waals surface area contributed by atoms with E-state index in [1.807, 2.05) is 13.8 Å². The summed E-state index contributed by atoms with van der Waals surface area (Å²) >= 11 is 0. The Bertz CT molecular complexity index is 572. The van der Waals surface area contributed by atoms with Gasteiger partial charge in [0.05, 0.1) is 5.56 Å². The third-order valence-corrected chi connectivity index (χ3v) is 6.32. The fourth-order valence-corrected chi connectivity index (χ4v) is 4.30. The molecule has 3 rings (SSSR count). The van der Waals surface area contributed by atoms with Gasteiger partial charge in [-0.25, -0.2) is 10.8 Å². The van der Waals surface area contributed by atoms with E-state index in [4.69, 9.17) is 10.6 Å². The van der Waals surface area contributed by atoms with E-state index in [0.29, 0.717) is 22.9 Å². The summed E-state index contributed by atoms with van der Waals surface area (Å²) in [4.78, 5) is 8.77. The van der Waals surface area contributed by atoms with E-state index < -0.39 is 0 Å². The minimum Gasteiger partial charge on any atom is -0.473 e. The molecule has 2 saturated carbocycles. The zero-order valence-electron chi connectivity index (χ0n) is 13.7. The summed E-state index contributed by atoms with van der Waals surface area (Å²) in [6.07, 6.45) is 3.91. The Hall–Kier alpha value is -1.36. The summed E-state index contributed by atoms with van der Waals surface area (Å²) in [6.45, 7) is 11.0. The minimum absolute atomic E-state index is 0.221. The van der Waals surface area contributed by atoms with Crippen LogP contribution in [-0.2, 0) is 0 Å². The highest BCUT2D eigenvalue weighted by molar-refractivity contribution is 5.47. The Kier molecular flexibility index (Phi) is 3.17. The first-order chi connectivity index (χ1) is 9.79. The van der Waals surface area contributed by atoms with Gasteiger partial charge in [-0.1, -0.05) is 20.8 Å². The highest BCUT2D eigenvalue weighted by Gasteiger charge is 2.62. The minimum atomic E-state index is 0.221. The Labute approximate surface area is 126 Å². The quantitative estimate of drug-likeness (QED) is 0.661. The van der Waals surface area contributed by atoms with Crippen LogP contribution < -0.4 is 16.0 Å². The first-order valence-corrected chi connectivity index (χ1v) is 7.78. The van der Waals surface area contributed by atoms with Crippen LogP contribution in [0.25, 0.3) is 0 Å². The second kappa shape index (κ2) is 4.57. The number of aryl methyl sites for hydroxylation is 1. The maximum atomic E-state index is 6.36. The second-order valence-corrected chi connectivity index (χ2v) is 7.41. The monoisotopic (exact) mass is 290 g/mol. The standard InChI is InChI=1S/C16H26N4O/c1-9-13(20-17)18-10(2)19-14(9)21-12-8-11-6-7-16(12,5)15(11,3)4/h11-12H,6-8,17H2,1-5H3,(H,18,19,20). The van der Waals surface area contributed by atoms with Crippen LogP contribution in [0, 0.1) is 30.6 Å². The van der Waals surface area contributed by atoms with Crippen LogP contribution in [0.4, 0.5) is 5.82 Å². The fraction of sp³-hybridized carbons (Fsp3) is 0.750. The molecule has 2 aliphatic rings. The summed E-state index contributed by atoms with van der Waals surface area (Å²) < 4.78 is 6.36. The smallest absolute Gasteiger partial charge is 0.222 e. The molecule has 21 heavy (non-hydrogen) atoms. The molecule has 0 aromatic carbocycles. The van der Waals surface area contributed by atoms with Crippen LogP contribution in [-0.4, -0.2) is 16.1 Å². The van der Waals surface area contributed by atoms with Crippen LogP contribution in [0.2, 0.25) is 0 Å². The summed E-state index contributed by atoms with van der Waals surface area (Å²) in [5.41, 5.74) is 4.07. The Morgan fingerprint density at radius 2 is 1.95 bits per heavy atom. The molecule has 2 fully saturated rings. The number of nitrogens with zero attached hydrogens (tertiary/aromatic N) is 2. The molecule has 0 saturated heterocycles. The number of nitrogens with one attached hydrogen (secondary N) is 1. The van der Waals surface area contributed by atoms with Crippen molar-refractivity contribution in [3.63, 3.8) is 0 Å². The van der Waals surface area contributed by atoms with E-state index in [2.05, 4.69) is 36.2 Å². The van der Waals surface area contributed by atoms with Gasteiger partial charge in [0.25, 0.3) is 0 Å². The summed E-state index contributed by atoms with van der Waals surface area (Å²) in [5, 5.41) is 0. The molecule has 5 nitrogen and oxygen atoms in total. The zero-order valence-corrected chi connectivity index (χ0v) is 13.7. The largest absolute Gasteiger partial charge is 0.473 e. The van der Waals surface area contributed by atoms with Crippen molar-refractivity contribution in [1.29, 1.82) is 0 Å². The van der Waals surface area contributed by atoms with E-state index in [1.165, 1.54) is 12.8 Å². The molecule has 3 atom stereocenters. The second-order valence-electron chi connectivity index (χ2n) is 7.41. The highest BCUT2D eigenvalue weighted by atomic mass is 16.5. The van der Waals surface area contributed by atoms with Crippen LogP contribution in [0.1, 0.15) is 51.4 Å². The Morgan fingerprint density at radius 1 is 1.24 bits per heavy atom. The number of anilines is 1. The maximum absolute atomic E-state index is 6.36. The van der Waals surface area contributed by atoms with Crippen molar-refractivity contribution >= 4 is 5.82 Å². The van der Waals surface area contributed by atoms with E-state index in [9.17, 15) is 0 Å². The van der Waals surface area contributed by atoms with Crippen molar-refractivity contribution in [2.45, 2.75) is 60.0 Å². The molecule has 2 aliphatic carbocycles. The summed E-state index contributed by atoms with van der Waals surface area (Å²) in [5.74, 6) is 8.27. The molecule has 1 heterocycles. The van der Waals surface area contributed by atoms with Crippen molar-refractivity contribution in [3.05, 3.63) is 11.4 Å². The first kappa shape index (κ1) is 14.6. The average molecular weight is 290 g/mol. The molecule has 0 spiro atoms. The Morgan fingerprint density at radius 3 is 2.48 bits per heavy atom. The molecule has 3 N–H and O–H groups in total. The molecule has 3 unspecified atom stereocenters. The van der Waals surface area contributed by atoms with Crippen LogP contribution in [0.15, 0.2) is 0 Å². The fourth-order valence-electron chi connectivity index (χ4n) is 4.30. The summed E-state index contributed by atoms with van der Waals surface area (Å²) in [6, 6.07) is 0. The van der Waals surface area contributed by atoms with Crippen molar-refractivity contribution < 1.29 is 4.74 Å². The lowest BCUT2D eigenvalue weighted by molar-refractivity contribution is 0.0267. The lowest BCUT2D eigenvalue weighted by atomic mass is 9.70. The zero-order chi connectivity index (χ0) is 15.4. The number of hydrogen-bond acceptors (Lipinski definition) is 5. The van der Waals surface area contributed by atoms with E-state index in [-0.39, 0.29) is 11.5 Å². The van der Waals surface area contributed by atoms with E-state index in [1.54, 1.807) is 0 Å². The SMILES string of the molecule is Cc1nc(NN)c(C)c(OC2CC3CCC2(C)C3(C)C)n1. The van der Waals surface area contributed by atoms with Gasteiger partial charge in [0.2, 0.25) is 5.88 Å². The third kappa shape index (κ3) is 1.94. The van der Waals surface area contributed by atoms with Gasteiger partial charge in [-0.05, 0) is 44.4 Å². The van der Waals surface area contributed by atoms with Crippen molar-refractivity contribution in [1.82, 2.24) is 9.97 Å². The molecule has 5 heteroatoms. The van der Waals surface area contributed by atoms with Gasteiger partial charge < -0.3 is 10.2 Å². The number of rotatable bonds is 3. The third-order valence-electron chi connectivity index (χ3n) is 6.32. The molecule has 2 bridgehead atoms. The lowest BCUT2D eigenvalue weighted by Crippen LogP contribution is -2.39. The van der Waals surface area contributed by atoms with Gasteiger partial charge in [0, 0.05) is 5.41 Å². The van der Waals surface area contributed by atoms with Crippen molar-refractivity contribution in [2.24, 2.45) is 22.6 Å². The van der Waals surface area contributed by atoms with Gasteiger partial charge in [0.15, 0.2) is 0 Å². The van der Waals surface area contributed by atoms with Crippen LogP contribution in [0.3, 0.4) is 0 Å². The van der Waals surface area contributed by atoms with E-state index >= 15 is 0 Å². The number of hydrogen-bond donors (Lipinski definition) is 2. The lowest BCUT2D eigenvalue weighted by Gasteiger charge is -2.38. The van der Waals surface area contributed by atoms with Gasteiger partial charge in [-0.3, -0.25) is 0 Å². The Balaban J connectivity index is 1.91. The first-order valence-electron chi connectivity index (χ1n) is 7.78. The predicted molar refractivity (Wildman–Crippen MR) is 83.0 cm³/mol. The van der Waals surface area contributed by atoms with Crippen LogP contribution in [0.5, 0.6) is 5.88 Å².